The van der Waals surface area contributed by atoms with E-state index in [1.165, 1.54) is 0 Å². The zero-order chi connectivity index (χ0) is 12.9. The number of carbonyl (C=O) groups is 1. The Kier molecular flexibility index (Phi) is 5.36. The molecule has 100 valence electrons. The Morgan fingerprint density at radius 3 is 2.53 bits per heavy atom. The topological polar surface area (TPSA) is 64.6 Å². The number of hydrogen-bond donors (Lipinski definition) is 3. The Labute approximate surface area is 104 Å². The van der Waals surface area contributed by atoms with Crippen LogP contribution in [0.3, 0.4) is 0 Å². The molecule has 1 fully saturated rings. The molecular weight excluding hydrogens is 218 g/mol. The van der Waals surface area contributed by atoms with Gasteiger partial charge in [0, 0.05) is 44.7 Å². The average Bonchev–Trinajstić information content (AvgIpc) is 2.26. The third-order valence-corrected chi connectivity index (χ3v) is 2.86. The van der Waals surface area contributed by atoms with E-state index in [1.807, 2.05) is 20.8 Å². The summed E-state index contributed by atoms with van der Waals surface area (Å²) in [6.45, 7) is 10.4. The molecule has 1 aliphatic heterocycles. The first-order valence-electron chi connectivity index (χ1n) is 6.29. The summed E-state index contributed by atoms with van der Waals surface area (Å²) in [5, 5.41) is 15.9. The third kappa shape index (κ3) is 5.48. The second-order valence-corrected chi connectivity index (χ2v) is 5.66. The molecule has 0 aromatic carbocycles. The molecular formula is C12H25N3O2. The van der Waals surface area contributed by atoms with Crippen LogP contribution in [0.15, 0.2) is 0 Å². The van der Waals surface area contributed by atoms with Crippen molar-refractivity contribution in [3.8, 4) is 0 Å². The molecule has 0 aliphatic carbocycles. The van der Waals surface area contributed by atoms with E-state index in [-0.39, 0.29) is 5.91 Å². The molecule has 1 aliphatic rings. The zero-order valence-electron chi connectivity index (χ0n) is 11.1. The van der Waals surface area contributed by atoms with Crippen molar-refractivity contribution in [1.82, 2.24) is 15.5 Å². The second kappa shape index (κ2) is 6.33. The fourth-order valence-electron chi connectivity index (χ4n) is 1.73. The van der Waals surface area contributed by atoms with Gasteiger partial charge in [0.05, 0.1) is 6.10 Å². The lowest BCUT2D eigenvalue weighted by Crippen LogP contribution is -2.49. The van der Waals surface area contributed by atoms with Gasteiger partial charge in [0.2, 0.25) is 5.91 Å². The third-order valence-electron chi connectivity index (χ3n) is 2.86. The van der Waals surface area contributed by atoms with Crippen molar-refractivity contribution in [3.05, 3.63) is 0 Å². The summed E-state index contributed by atoms with van der Waals surface area (Å²) in [7, 11) is 0. The molecule has 1 atom stereocenters. The molecule has 1 heterocycles. The van der Waals surface area contributed by atoms with Gasteiger partial charge in [-0.3, -0.25) is 9.69 Å². The highest BCUT2D eigenvalue weighted by atomic mass is 16.3. The molecule has 0 aromatic rings. The number of hydrogen-bond acceptors (Lipinski definition) is 4. The van der Waals surface area contributed by atoms with Crippen LogP contribution >= 0.6 is 0 Å². The fourth-order valence-corrected chi connectivity index (χ4v) is 1.73. The number of aliphatic hydroxyl groups is 1. The molecule has 3 N–H and O–H groups in total. The van der Waals surface area contributed by atoms with E-state index in [4.69, 9.17) is 0 Å². The highest BCUT2D eigenvalue weighted by molar-refractivity contribution is 5.81. The van der Waals surface area contributed by atoms with Crippen LogP contribution in [-0.4, -0.2) is 61.3 Å². The van der Waals surface area contributed by atoms with Crippen molar-refractivity contribution in [2.24, 2.45) is 5.41 Å². The molecule has 5 heteroatoms. The first kappa shape index (κ1) is 14.4. The molecule has 5 nitrogen and oxygen atoms in total. The highest BCUT2D eigenvalue weighted by Gasteiger charge is 2.22. The van der Waals surface area contributed by atoms with Crippen LogP contribution in [0.2, 0.25) is 0 Å². The summed E-state index contributed by atoms with van der Waals surface area (Å²) in [6, 6.07) is 0. The van der Waals surface area contributed by atoms with Crippen LogP contribution in [0.1, 0.15) is 20.8 Å². The van der Waals surface area contributed by atoms with Gasteiger partial charge in [-0.2, -0.15) is 0 Å². The molecule has 1 saturated heterocycles. The normalized spacial score (nSPS) is 20.0. The lowest BCUT2D eigenvalue weighted by Gasteiger charge is -2.29. The van der Waals surface area contributed by atoms with Gasteiger partial charge in [0.1, 0.15) is 0 Å². The van der Waals surface area contributed by atoms with Gasteiger partial charge in [-0.15, -0.1) is 0 Å². The van der Waals surface area contributed by atoms with Gasteiger partial charge in [0.25, 0.3) is 0 Å². The number of nitrogens with one attached hydrogen (secondary N) is 2. The Balaban J connectivity index is 2.20. The molecule has 17 heavy (non-hydrogen) atoms. The van der Waals surface area contributed by atoms with E-state index in [0.717, 1.165) is 26.2 Å². The minimum absolute atomic E-state index is 0.0168. The van der Waals surface area contributed by atoms with E-state index in [2.05, 4.69) is 15.5 Å². The molecule has 0 bridgehead atoms. The quantitative estimate of drug-likeness (QED) is 0.618. The summed E-state index contributed by atoms with van der Waals surface area (Å²) in [6.07, 6.45) is -0.487. The van der Waals surface area contributed by atoms with E-state index >= 15 is 0 Å². The highest BCUT2D eigenvalue weighted by Crippen LogP contribution is 2.12. The van der Waals surface area contributed by atoms with Crippen LogP contribution < -0.4 is 10.6 Å². The van der Waals surface area contributed by atoms with E-state index in [0.29, 0.717) is 13.1 Å². The molecule has 0 saturated carbocycles. The minimum Gasteiger partial charge on any atom is -0.390 e. The first-order chi connectivity index (χ1) is 7.89. The van der Waals surface area contributed by atoms with Gasteiger partial charge in [-0.1, -0.05) is 20.8 Å². The van der Waals surface area contributed by atoms with Crippen molar-refractivity contribution in [1.29, 1.82) is 0 Å². The maximum Gasteiger partial charge on any atom is 0.225 e. The minimum atomic E-state index is -0.487. The van der Waals surface area contributed by atoms with Gasteiger partial charge in [0.15, 0.2) is 0 Å². The summed E-state index contributed by atoms with van der Waals surface area (Å²) in [5.41, 5.74) is -0.394. The van der Waals surface area contributed by atoms with Crippen molar-refractivity contribution in [2.75, 3.05) is 39.3 Å². The maximum absolute atomic E-state index is 11.6. The number of nitrogens with zero attached hydrogens (tertiary/aromatic N) is 1. The number of β-amino-alcohol motifs (C(OH)–C–C–N with tert-alkyl or cyclic N) is 1. The SMILES string of the molecule is CC(C)(C)C(=O)NCC(O)CN1CCNCC1. The van der Waals surface area contributed by atoms with Gasteiger partial charge < -0.3 is 15.7 Å². The maximum atomic E-state index is 11.6. The predicted octanol–water partition coefficient (Wildman–Crippen LogP) is -0.585. The summed E-state index contributed by atoms with van der Waals surface area (Å²) in [5.74, 6) is -0.0168. The number of aliphatic hydroxyl groups excluding tert-OH is 1. The summed E-state index contributed by atoms with van der Waals surface area (Å²) in [4.78, 5) is 13.8. The van der Waals surface area contributed by atoms with Gasteiger partial charge in [-0.25, -0.2) is 0 Å². The van der Waals surface area contributed by atoms with E-state index in [1.54, 1.807) is 0 Å². The number of amides is 1. The van der Waals surface area contributed by atoms with Crippen LogP contribution in [0.25, 0.3) is 0 Å². The number of rotatable bonds is 4. The zero-order valence-corrected chi connectivity index (χ0v) is 11.1. The average molecular weight is 243 g/mol. The molecule has 0 aromatic heterocycles. The summed E-state index contributed by atoms with van der Waals surface area (Å²) >= 11 is 0. The van der Waals surface area contributed by atoms with Crippen molar-refractivity contribution >= 4 is 5.91 Å². The van der Waals surface area contributed by atoms with Gasteiger partial charge in [-0.05, 0) is 0 Å². The number of carbonyl (C=O) groups excluding carboxylic acids is 1. The Morgan fingerprint density at radius 2 is 2.00 bits per heavy atom. The number of piperazine rings is 1. The Bertz CT molecular complexity index is 245. The summed E-state index contributed by atoms with van der Waals surface area (Å²) < 4.78 is 0. The Hall–Kier alpha value is -0.650. The molecule has 1 amide bonds. The van der Waals surface area contributed by atoms with Crippen molar-refractivity contribution in [3.63, 3.8) is 0 Å². The first-order valence-corrected chi connectivity index (χ1v) is 6.29. The largest absolute Gasteiger partial charge is 0.390 e. The molecule has 0 spiro atoms. The van der Waals surface area contributed by atoms with Crippen LogP contribution in [0, 0.1) is 5.41 Å². The molecule has 0 radical (unpaired) electrons. The predicted molar refractivity (Wildman–Crippen MR) is 67.8 cm³/mol. The molecule has 1 unspecified atom stereocenters. The standard InChI is InChI=1S/C12H25N3O2/c1-12(2,3)11(17)14-8-10(16)9-15-6-4-13-5-7-15/h10,13,16H,4-9H2,1-3H3,(H,14,17). The monoisotopic (exact) mass is 243 g/mol. The second-order valence-electron chi connectivity index (χ2n) is 5.66. The van der Waals surface area contributed by atoms with E-state index in [9.17, 15) is 9.90 Å². The van der Waals surface area contributed by atoms with Crippen LogP contribution in [0.4, 0.5) is 0 Å². The van der Waals surface area contributed by atoms with Crippen molar-refractivity contribution < 1.29 is 9.90 Å². The molecule has 1 rings (SSSR count). The Morgan fingerprint density at radius 1 is 1.41 bits per heavy atom. The van der Waals surface area contributed by atoms with Crippen LogP contribution in [-0.2, 0) is 4.79 Å². The lowest BCUT2D eigenvalue weighted by atomic mass is 9.96. The fraction of sp³-hybridized carbons (Fsp3) is 0.917. The van der Waals surface area contributed by atoms with Crippen LogP contribution in [0.5, 0.6) is 0 Å². The van der Waals surface area contributed by atoms with E-state index < -0.39 is 11.5 Å². The smallest absolute Gasteiger partial charge is 0.225 e. The van der Waals surface area contributed by atoms with Crippen molar-refractivity contribution in [2.45, 2.75) is 26.9 Å². The lowest BCUT2D eigenvalue weighted by molar-refractivity contribution is -0.129. The van der Waals surface area contributed by atoms with Gasteiger partial charge >= 0.3 is 0 Å².